The number of carbonyl (C=O) groups is 4. The lowest BCUT2D eigenvalue weighted by molar-refractivity contribution is -0.159. The summed E-state index contributed by atoms with van der Waals surface area (Å²) in [6.07, 6.45) is 4.19. The molecule has 0 heterocycles. The zero-order valence-electron chi connectivity index (χ0n) is 29.7. The molecule has 260 valence electrons. The Kier molecular flexibility index (Phi) is 15.8. The third-order valence-corrected chi connectivity index (χ3v) is 7.77. The molecular weight excluding hydrogens is 614 g/mol. The van der Waals surface area contributed by atoms with Crippen LogP contribution in [0.4, 0.5) is 4.79 Å². The van der Waals surface area contributed by atoms with Gasteiger partial charge in [0.1, 0.15) is 29.3 Å². The molecule has 3 amide bonds. The number of alkyl carbamates (subject to hydrolysis) is 1. The molecule has 0 aliphatic carbocycles. The highest BCUT2D eigenvalue weighted by Crippen LogP contribution is 2.26. The SMILES string of the molecule is CCCCCN(C(=O)C(CCSC)NC(=O)OC(C)(C)C)C(C(=O)NC(Cc1ccccc1)C(=O)OC(C)(C)C)c1ccc(C)cc1. The van der Waals surface area contributed by atoms with Crippen LogP contribution in [0.15, 0.2) is 54.6 Å². The summed E-state index contributed by atoms with van der Waals surface area (Å²) in [5.74, 6) is -0.857. The molecule has 0 aliphatic heterocycles. The summed E-state index contributed by atoms with van der Waals surface area (Å²) in [7, 11) is 0. The van der Waals surface area contributed by atoms with Crippen LogP contribution in [0.1, 0.15) is 96.9 Å². The maximum atomic E-state index is 14.5. The van der Waals surface area contributed by atoms with Crippen molar-refractivity contribution in [1.29, 1.82) is 0 Å². The fourth-order valence-electron chi connectivity index (χ4n) is 4.93. The van der Waals surface area contributed by atoms with E-state index in [4.69, 9.17) is 9.47 Å². The van der Waals surface area contributed by atoms with Gasteiger partial charge in [0, 0.05) is 13.0 Å². The van der Waals surface area contributed by atoms with E-state index in [-0.39, 0.29) is 13.0 Å². The summed E-state index contributed by atoms with van der Waals surface area (Å²) in [4.78, 5) is 56.9. The van der Waals surface area contributed by atoms with E-state index >= 15 is 0 Å². The van der Waals surface area contributed by atoms with Crippen LogP contribution in [0.3, 0.4) is 0 Å². The Labute approximate surface area is 285 Å². The van der Waals surface area contributed by atoms with Gasteiger partial charge in [-0.3, -0.25) is 9.59 Å². The van der Waals surface area contributed by atoms with Gasteiger partial charge in [0.2, 0.25) is 11.8 Å². The molecule has 3 unspecified atom stereocenters. The summed E-state index contributed by atoms with van der Waals surface area (Å²) < 4.78 is 11.2. The van der Waals surface area contributed by atoms with E-state index in [1.165, 1.54) is 0 Å². The predicted octanol–water partition coefficient (Wildman–Crippen LogP) is 6.77. The first-order valence-electron chi connectivity index (χ1n) is 16.5. The minimum Gasteiger partial charge on any atom is -0.458 e. The molecule has 2 N–H and O–H groups in total. The summed E-state index contributed by atoms with van der Waals surface area (Å²) in [6, 6.07) is 13.9. The Morgan fingerprint density at radius 1 is 0.830 bits per heavy atom. The predicted molar refractivity (Wildman–Crippen MR) is 189 cm³/mol. The van der Waals surface area contributed by atoms with Crippen LogP contribution in [0, 0.1) is 6.92 Å². The lowest BCUT2D eigenvalue weighted by Crippen LogP contribution is -2.55. The fraction of sp³-hybridized carbons (Fsp3) is 0.568. The number of nitrogens with one attached hydrogen (secondary N) is 2. The molecule has 0 bridgehead atoms. The molecule has 3 atom stereocenters. The minimum absolute atomic E-state index is 0.211. The number of unbranched alkanes of at least 4 members (excludes halogenated alkanes) is 2. The van der Waals surface area contributed by atoms with Crippen LogP contribution in [-0.2, 0) is 30.3 Å². The highest BCUT2D eigenvalue weighted by molar-refractivity contribution is 7.98. The van der Waals surface area contributed by atoms with Crippen LogP contribution < -0.4 is 10.6 Å². The maximum absolute atomic E-state index is 14.5. The summed E-state index contributed by atoms with van der Waals surface area (Å²) >= 11 is 1.56. The number of carbonyl (C=O) groups excluding carboxylic acids is 4. The van der Waals surface area contributed by atoms with Crippen molar-refractivity contribution in [3.63, 3.8) is 0 Å². The third kappa shape index (κ3) is 14.4. The lowest BCUT2D eigenvalue weighted by Gasteiger charge is -2.35. The van der Waals surface area contributed by atoms with Gasteiger partial charge in [0.15, 0.2) is 0 Å². The van der Waals surface area contributed by atoms with Gasteiger partial charge in [-0.05, 0) is 84.4 Å². The van der Waals surface area contributed by atoms with E-state index in [0.29, 0.717) is 24.2 Å². The van der Waals surface area contributed by atoms with Crippen molar-refractivity contribution in [2.45, 2.75) is 117 Å². The Morgan fingerprint density at radius 2 is 1.45 bits per heavy atom. The highest BCUT2D eigenvalue weighted by atomic mass is 32.2. The largest absolute Gasteiger partial charge is 0.458 e. The second kappa shape index (κ2) is 18.7. The van der Waals surface area contributed by atoms with Crippen molar-refractivity contribution < 1.29 is 28.7 Å². The van der Waals surface area contributed by atoms with Gasteiger partial charge in [-0.1, -0.05) is 79.9 Å². The van der Waals surface area contributed by atoms with Crippen molar-refractivity contribution in [1.82, 2.24) is 15.5 Å². The second-order valence-electron chi connectivity index (χ2n) is 13.8. The number of esters is 1. The van der Waals surface area contributed by atoms with Gasteiger partial charge in [0.25, 0.3) is 0 Å². The number of thioether (sulfide) groups is 1. The first-order valence-corrected chi connectivity index (χ1v) is 17.9. The molecule has 0 spiro atoms. The molecule has 2 rings (SSSR count). The van der Waals surface area contributed by atoms with Crippen LogP contribution in [0.2, 0.25) is 0 Å². The summed E-state index contributed by atoms with van der Waals surface area (Å²) in [6.45, 7) is 14.9. The molecule has 9 nitrogen and oxygen atoms in total. The Bertz CT molecular complexity index is 1290. The van der Waals surface area contributed by atoms with Crippen LogP contribution >= 0.6 is 11.8 Å². The highest BCUT2D eigenvalue weighted by Gasteiger charge is 2.38. The molecule has 0 aliphatic rings. The maximum Gasteiger partial charge on any atom is 0.408 e. The van der Waals surface area contributed by atoms with Crippen LogP contribution in [0.5, 0.6) is 0 Å². The number of ether oxygens (including phenoxy) is 2. The first kappa shape index (κ1) is 39.6. The van der Waals surface area contributed by atoms with Gasteiger partial charge < -0.3 is 25.0 Å². The van der Waals surface area contributed by atoms with Crippen molar-refractivity contribution in [2.75, 3.05) is 18.6 Å². The van der Waals surface area contributed by atoms with Crippen molar-refractivity contribution in [3.05, 3.63) is 71.3 Å². The number of nitrogens with zero attached hydrogens (tertiary/aromatic N) is 1. The molecule has 0 saturated heterocycles. The zero-order valence-corrected chi connectivity index (χ0v) is 30.5. The Balaban J connectivity index is 2.60. The van der Waals surface area contributed by atoms with Crippen LogP contribution in [-0.4, -0.2) is 70.6 Å². The van der Waals surface area contributed by atoms with Crippen molar-refractivity contribution >= 4 is 35.6 Å². The van der Waals surface area contributed by atoms with E-state index in [1.54, 1.807) is 58.2 Å². The topological polar surface area (TPSA) is 114 Å². The number of amides is 3. The normalized spacial score (nSPS) is 13.6. The average molecular weight is 670 g/mol. The molecule has 0 fully saturated rings. The smallest absolute Gasteiger partial charge is 0.408 e. The quantitative estimate of drug-likeness (QED) is 0.150. The van der Waals surface area contributed by atoms with E-state index in [9.17, 15) is 19.2 Å². The molecule has 0 radical (unpaired) electrons. The average Bonchev–Trinajstić information content (AvgIpc) is 2.97. The number of hydrogen-bond donors (Lipinski definition) is 2. The molecule has 2 aromatic carbocycles. The third-order valence-electron chi connectivity index (χ3n) is 7.13. The van der Waals surface area contributed by atoms with Crippen molar-refractivity contribution in [2.24, 2.45) is 0 Å². The van der Waals surface area contributed by atoms with Crippen LogP contribution in [0.25, 0.3) is 0 Å². The minimum atomic E-state index is -1.07. The van der Waals surface area contributed by atoms with Gasteiger partial charge in [-0.15, -0.1) is 0 Å². The first-order chi connectivity index (χ1) is 22.0. The number of aryl methyl sites for hydroxylation is 1. The summed E-state index contributed by atoms with van der Waals surface area (Å²) in [5, 5.41) is 5.74. The number of benzene rings is 2. The second-order valence-corrected chi connectivity index (χ2v) is 14.8. The molecule has 0 saturated carbocycles. The lowest BCUT2D eigenvalue weighted by atomic mass is 9.99. The van der Waals surface area contributed by atoms with E-state index < -0.39 is 53.2 Å². The van der Waals surface area contributed by atoms with Gasteiger partial charge in [0.05, 0.1) is 0 Å². The number of hydrogen-bond acceptors (Lipinski definition) is 7. The van der Waals surface area contributed by atoms with Gasteiger partial charge in [-0.2, -0.15) is 11.8 Å². The fourth-order valence-corrected chi connectivity index (χ4v) is 5.40. The van der Waals surface area contributed by atoms with E-state index in [2.05, 4.69) is 17.6 Å². The molecule has 47 heavy (non-hydrogen) atoms. The van der Waals surface area contributed by atoms with Crippen molar-refractivity contribution in [3.8, 4) is 0 Å². The molecule has 2 aromatic rings. The van der Waals surface area contributed by atoms with E-state index in [0.717, 1.165) is 24.0 Å². The van der Waals surface area contributed by atoms with Gasteiger partial charge in [-0.25, -0.2) is 9.59 Å². The number of rotatable bonds is 16. The molecule has 10 heteroatoms. The monoisotopic (exact) mass is 669 g/mol. The van der Waals surface area contributed by atoms with E-state index in [1.807, 2.05) is 67.8 Å². The summed E-state index contributed by atoms with van der Waals surface area (Å²) in [5.41, 5.74) is 0.925. The standard InChI is InChI=1S/C37H55N3O6S/c1-10-11-15-23-40(33(42)29(22-24-47-9)39-35(44)46-37(6,7)8)31(28-20-18-26(2)19-21-28)32(41)38-30(34(43)45-36(3,4)5)25-27-16-13-12-14-17-27/h12-14,16-21,29-31H,10-11,15,22-25H2,1-9H3,(H,38,41)(H,39,44). The Morgan fingerprint density at radius 3 is 2.00 bits per heavy atom. The molecular formula is C37H55N3O6S. The Hall–Kier alpha value is -3.53. The molecule has 0 aromatic heterocycles. The van der Waals surface area contributed by atoms with Gasteiger partial charge >= 0.3 is 12.1 Å². The zero-order chi connectivity index (χ0) is 35.2.